The number of rotatable bonds is 12. The highest BCUT2D eigenvalue weighted by Crippen LogP contribution is 2.35. The number of aromatic nitrogens is 6. The van der Waals surface area contributed by atoms with Crippen LogP contribution in [-0.4, -0.2) is 125 Å². The molecule has 4 atom stereocenters. The lowest BCUT2D eigenvalue weighted by atomic mass is 10.0. The van der Waals surface area contributed by atoms with Gasteiger partial charge in [0, 0.05) is 31.3 Å². The Hall–Kier alpha value is -6.36. The first kappa shape index (κ1) is 42.8. The van der Waals surface area contributed by atoms with E-state index in [2.05, 4.69) is 25.3 Å². The molecule has 17 nitrogen and oxygen atoms in total. The van der Waals surface area contributed by atoms with Gasteiger partial charge < -0.3 is 39.7 Å². The minimum atomic E-state index is -1.13. The van der Waals surface area contributed by atoms with E-state index in [0.717, 1.165) is 64.2 Å². The summed E-state index contributed by atoms with van der Waals surface area (Å²) in [5, 5.41) is 12.2. The van der Waals surface area contributed by atoms with Crippen molar-refractivity contribution in [2.75, 3.05) is 33.9 Å². The Labute approximate surface area is 354 Å². The molecule has 0 spiro atoms. The zero-order chi connectivity index (χ0) is 43.6. The number of aromatic amines is 2. The fourth-order valence-corrected chi connectivity index (χ4v) is 8.17. The Morgan fingerprint density at radius 1 is 0.836 bits per heavy atom. The molecule has 2 fully saturated rings. The van der Waals surface area contributed by atoms with Crippen LogP contribution in [0.3, 0.4) is 0 Å². The third-order valence-electron chi connectivity index (χ3n) is 11.3. The second-order valence-corrected chi connectivity index (χ2v) is 17.0. The molecule has 61 heavy (non-hydrogen) atoms. The van der Waals surface area contributed by atoms with Crippen molar-refractivity contribution in [2.24, 2.45) is 5.92 Å². The smallest absolute Gasteiger partial charge is 0.407 e. The first-order valence-corrected chi connectivity index (χ1v) is 20.6. The van der Waals surface area contributed by atoms with Gasteiger partial charge in [0.1, 0.15) is 23.7 Å². The quantitative estimate of drug-likeness (QED) is 0.105. The van der Waals surface area contributed by atoms with Crippen LogP contribution < -0.4 is 5.32 Å². The predicted molar refractivity (Wildman–Crippen MR) is 227 cm³/mol. The molecule has 5 aromatic rings. The second-order valence-electron chi connectivity index (χ2n) is 17.0. The first-order chi connectivity index (χ1) is 29.1. The molecule has 4 N–H and O–H groups in total. The Kier molecular flexibility index (Phi) is 12.4. The van der Waals surface area contributed by atoms with E-state index >= 15 is 0 Å². The van der Waals surface area contributed by atoms with E-state index in [1.165, 1.54) is 14.2 Å². The van der Waals surface area contributed by atoms with E-state index in [1.807, 2.05) is 77.1 Å². The zero-order valence-electron chi connectivity index (χ0n) is 35.6. The number of ether oxygens (including phenoxy) is 2. The summed E-state index contributed by atoms with van der Waals surface area (Å²) in [6.07, 6.45) is 6.47. The lowest BCUT2D eigenvalue weighted by Gasteiger charge is -2.33. The van der Waals surface area contributed by atoms with Crippen LogP contribution in [0.5, 0.6) is 0 Å². The molecule has 4 amide bonds. The molecule has 2 aromatic carbocycles. The van der Waals surface area contributed by atoms with Crippen LogP contribution in [0.4, 0.5) is 9.59 Å². The van der Waals surface area contributed by atoms with Crippen LogP contribution in [0.1, 0.15) is 84.0 Å². The molecule has 17 heteroatoms. The number of fused-ring (bicyclic) bond motifs is 1. The summed E-state index contributed by atoms with van der Waals surface area (Å²) in [5.41, 5.74) is 5.90. The number of hydrogen-bond acceptors (Lipinski definition) is 10. The van der Waals surface area contributed by atoms with E-state index in [1.54, 1.807) is 28.4 Å². The number of methoxy groups -OCH3 is 1. The van der Waals surface area contributed by atoms with Gasteiger partial charge in [-0.2, -0.15) is 0 Å². The topological polar surface area (TPSA) is 212 Å². The number of likely N-dealkylation sites (N-methyl/N-ethyl adjacent to an activating group) is 1. The van der Waals surface area contributed by atoms with Crippen molar-refractivity contribution < 1.29 is 33.8 Å². The Bertz CT molecular complexity index is 2390. The minimum absolute atomic E-state index is 0.00396. The average Bonchev–Trinajstić information content (AvgIpc) is 4.08. The molecule has 0 aliphatic carbocycles. The van der Waals surface area contributed by atoms with Gasteiger partial charge in [0.2, 0.25) is 11.8 Å². The number of carbonyl (C=O) groups excluding carboxylic acids is 3. The van der Waals surface area contributed by atoms with Gasteiger partial charge in [0.05, 0.1) is 78.1 Å². The highest BCUT2D eigenvalue weighted by atomic mass is 16.5. The number of H-pyrrole nitrogens is 2. The maximum absolute atomic E-state index is 13.8. The van der Waals surface area contributed by atoms with Crippen molar-refractivity contribution in [1.29, 1.82) is 0 Å². The number of carbonyl (C=O) groups is 4. The molecule has 2 aliphatic rings. The van der Waals surface area contributed by atoms with Crippen LogP contribution in [0.2, 0.25) is 0 Å². The molecule has 0 saturated carbocycles. The third-order valence-corrected chi connectivity index (χ3v) is 11.3. The van der Waals surface area contributed by atoms with Gasteiger partial charge in [-0.15, -0.1) is 0 Å². The summed E-state index contributed by atoms with van der Waals surface area (Å²) in [6, 6.07) is 11.5. The molecule has 0 unspecified atom stereocenters. The third kappa shape index (κ3) is 9.36. The first-order valence-electron chi connectivity index (χ1n) is 20.6. The number of carboxylic acid groups (broad SMARTS) is 1. The average molecular weight is 835 g/mol. The molecule has 0 bridgehead atoms. The highest BCUT2D eigenvalue weighted by Gasteiger charge is 2.40. The van der Waals surface area contributed by atoms with E-state index in [9.17, 15) is 24.3 Å². The zero-order valence-corrected chi connectivity index (χ0v) is 35.6. The van der Waals surface area contributed by atoms with E-state index in [-0.39, 0.29) is 36.4 Å². The number of amides is 4. The predicted octanol–water partition coefficient (Wildman–Crippen LogP) is 6.58. The summed E-state index contributed by atoms with van der Waals surface area (Å²) in [6.45, 7) is 10.4. The van der Waals surface area contributed by atoms with Crippen molar-refractivity contribution >= 4 is 35.0 Å². The summed E-state index contributed by atoms with van der Waals surface area (Å²) >= 11 is 0. The van der Waals surface area contributed by atoms with Crippen molar-refractivity contribution in [2.45, 2.75) is 90.1 Å². The summed E-state index contributed by atoms with van der Waals surface area (Å²) in [7, 11) is 2.70. The van der Waals surface area contributed by atoms with Gasteiger partial charge in [-0.25, -0.2) is 24.5 Å². The fourth-order valence-electron chi connectivity index (χ4n) is 8.17. The Morgan fingerprint density at radius 3 is 1.98 bits per heavy atom. The summed E-state index contributed by atoms with van der Waals surface area (Å²) in [4.78, 5) is 81.7. The minimum Gasteiger partial charge on any atom is -0.465 e. The van der Waals surface area contributed by atoms with Gasteiger partial charge >= 0.3 is 12.2 Å². The molecule has 3 aromatic heterocycles. The number of nitrogens with zero attached hydrogens (tertiary/aromatic N) is 7. The van der Waals surface area contributed by atoms with Gasteiger partial charge in [-0.05, 0) is 70.1 Å². The molecule has 2 saturated heterocycles. The maximum atomic E-state index is 13.8. The largest absolute Gasteiger partial charge is 0.465 e. The van der Waals surface area contributed by atoms with Crippen molar-refractivity contribution in [3.8, 4) is 33.8 Å². The number of benzene rings is 2. The van der Waals surface area contributed by atoms with Crippen LogP contribution >= 0.6 is 0 Å². The van der Waals surface area contributed by atoms with Gasteiger partial charge in [-0.1, -0.05) is 44.2 Å². The monoisotopic (exact) mass is 834 g/mol. The lowest BCUT2D eigenvalue weighted by Crippen LogP contribution is -2.51. The normalized spacial score (nSPS) is 17.8. The molecular formula is C44H54N10O7. The molecule has 5 heterocycles. The molecule has 322 valence electrons. The summed E-state index contributed by atoms with van der Waals surface area (Å²) < 4.78 is 10.7. The fraction of sp³-hybridized carbons (Fsp3) is 0.455. The van der Waals surface area contributed by atoms with Crippen molar-refractivity contribution in [1.82, 2.24) is 49.9 Å². The van der Waals surface area contributed by atoms with Crippen molar-refractivity contribution in [3.05, 3.63) is 72.7 Å². The standard InChI is InChI=1S/C44H54N10O7/c1-25(2)37(52(6)43(58)59)41(56)54-19-9-11-36(54)39-46-22-32(49-39)27-14-12-26(13-15-27)31-21-45-30-20-28(16-17-29(30)48-31)33-23-47-38(50-33)35-10-8-18-53(35)40(55)34(51-42(57)60-7)24-61-44(3,4)5/h12-17,20-23,25,34-37H,8-11,18-19,24H2,1-7H3,(H,46,49)(H,47,50)(H,51,57)(H,58,59)/t34-,35+,36+,37+/m1/s1. The van der Waals surface area contributed by atoms with E-state index < -0.39 is 29.9 Å². The lowest BCUT2D eigenvalue weighted by molar-refractivity contribution is -0.139. The Morgan fingerprint density at radius 2 is 1.41 bits per heavy atom. The number of hydrogen-bond donors (Lipinski definition) is 4. The van der Waals surface area contributed by atoms with Crippen LogP contribution in [0, 0.1) is 5.92 Å². The summed E-state index contributed by atoms with van der Waals surface area (Å²) in [5.74, 6) is 0.673. The van der Waals surface area contributed by atoms with Gasteiger partial charge in [0.15, 0.2) is 0 Å². The Balaban J connectivity index is 1.02. The maximum Gasteiger partial charge on any atom is 0.407 e. The molecular weight excluding hydrogens is 781 g/mol. The molecule has 2 aliphatic heterocycles. The molecule has 0 radical (unpaired) electrons. The van der Waals surface area contributed by atoms with Gasteiger partial charge in [-0.3, -0.25) is 19.5 Å². The van der Waals surface area contributed by atoms with E-state index in [0.29, 0.717) is 35.9 Å². The van der Waals surface area contributed by atoms with Crippen LogP contribution in [0.25, 0.3) is 44.8 Å². The van der Waals surface area contributed by atoms with Crippen LogP contribution in [-0.2, 0) is 19.1 Å². The molecule has 7 rings (SSSR count). The highest BCUT2D eigenvalue weighted by molar-refractivity contribution is 5.87. The number of likely N-dealkylation sites (tertiary alicyclic amines) is 2. The van der Waals surface area contributed by atoms with Crippen LogP contribution in [0.15, 0.2) is 61.1 Å². The second kappa shape index (κ2) is 17.7. The number of imidazole rings is 2. The van der Waals surface area contributed by atoms with Crippen molar-refractivity contribution in [3.63, 3.8) is 0 Å². The number of alkyl carbamates (subject to hydrolysis) is 1. The van der Waals surface area contributed by atoms with E-state index in [4.69, 9.17) is 19.4 Å². The van der Waals surface area contributed by atoms with Gasteiger partial charge in [0.25, 0.3) is 0 Å². The number of nitrogens with one attached hydrogen (secondary N) is 3. The SMILES string of the molecule is COC(=O)N[C@H](COC(C)(C)C)C(=O)N1CCC[C@H]1c1ncc(-c2ccc3nc(-c4ccc(-c5cnc([C@@H]6CCCN6C(=O)[C@H](C(C)C)N(C)C(=O)O)[nH]5)cc4)cnc3c2)[nH]1.